The number of nitrogens with one attached hydrogen (secondary N) is 1. The molecule has 17 heavy (non-hydrogen) atoms. The lowest BCUT2D eigenvalue weighted by Crippen LogP contribution is -2.31. The first-order valence-corrected chi connectivity index (χ1v) is 6.59. The Kier molecular flexibility index (Phi) is 2.81. The van der Waals surface area contributed by atoms with Gasteiger partial charge in [-0.3, -0.25) is 0 Å². The molecule has 3 rings (SSSR count). The molecule has 1 N–H and O–H groups in total. The Morgan fingerprint density at radius 3 is 2.76 bits per heavy atom. The lowest BCUT2D eigenvalue weighted by atomic mass is 9.73. The summed E-state index contributed by atoms with van der Waals surface area (Å²) in [5, 5.41) is 3.36. The maximum Gasteiger partial charge on any atom is 0.169 e. The van der Waals surface area contributed by atoms with Crippen LogP contribution >= 0.6 is 15.9 Å². The molecule has 0 aliphatic heterocycles. The van der Waals surface area contributed by atoms with Gasteiger partial charge in [-0.05, 0) is 52.7 Å². The van der Waals surface area contributed by atoms with Crippen molar-refractivity contribution in [2.75, 3.05) is 7.05 Å². The van der Waals surface area contributed by atoms with E-state index < -0.39 is 0 Å². The second kappa shape index (κ2) is 4.31. The summed E-state index contributed by atoms with van der Waals surface area (Å²) in [6.07, 6.45) is 1.12. The third-order valence-corrected chi connectivity index (χ3v) is 3.93. The van der Waals surface area contributed by atoms with E-state index in [9.17, 15) is 0 Å². The van der Waals surface area contributed by atoms with E-state index in [-0.39, 0.29) is 6.04 Å². The number of furan rings is 1. The summed E-state index contributed by atoms with van der Waals surface area (Å²) in [7, 11) is 1.99. The summed E-state index contributed by atoms with van der Waals surface area (Å²) in [4.78, 5) is 0. The minimum atomic E-state index is 0.260. The normalized spacial score (nSPS) is 19.5. The molecule has 0 bridgehead atoms. The molecule has 1 aromatic heterocycles. The van der Waals surface area contributed by atoms with E-state index in [1.54, 1.807) is 0 Å². The van der Waals surface area contributed by atoms with Gasteiger partial charge >= 0.3 is 0 Å². The summed E-state index contributed by atoms with van der Waals surface area (Å²) < 4.78 is 6.45. The van der Waals surface area contributed by atoms with Crippen LogP contribution in [0.25, 0.3) is 0 Å². The van der Waals surface area contributed by atoms with Crippen molar-refractivity contribution in [3.05, 3.63) is 58.0 Å². The van der Waals surface area contributed by atoms with Crippen LogP contribution in [0.2, 0.25) is 0 Å². The third-order valence-electron chi connectivity index (χ3n) is 3.51. The molecule has 1 aromatic carbocycles. The van der Waals surface area contributed by atoms with Gasteiger partial charge in [-0.15, -0.1) is 0 Å². The number of benzene rings is 1. The van der Waals surface area contributed by atoms with Crippen LogP contribution in [0, 0.1) is 0 Å². The highest BCUT2D eigenvalue weighted by atomic mass is 79.9. The first-order valence-electron chi connectivity index (χ1n) is 5.80. The molecular weight excluding hydrogens is 278 g/mol. The summed E-state index contributed by atoms with van der Waals surface area (Å²) in [5.74, 6) is 1.52. The highest BCUT2D eigenvalue weighted by Gasteiger charge is 2.34. The lowest BCUT2D eigenvalue weighted by Gasteiger charge is -2.35. The Balaban J connectivity index is 1.90. The summed E-state index contributed by atoms with van der Waals surface area (Å²) in [6.45, 7) is 0. The Hall–Kier alpha value is -1.06. The number of hydrogen-bond acceptors (Lipinski definition) is 2. The average molecular weight is 292 g/mol. The Labute approximate surface area is 109 Å². The fraction of sp³-hybridized carbons (Fsp3) is 0.286. The van der Waals surface area contributed by atoms with Gasteiger partial charge in [0.05, 0.1) is 6.04 Å². The zero-order chi connectivity index (χ0) is 11.8. The zero-order valence-corrected chi connectivity index (χ0v) is 11.2. The van der Waals surface area contributed by atoms with E-state index >= 15 is 0 Å². The topological polar surface area (TPSA) is 25.2 Å². The van der Waals surface area contributed by atoms with Gasteiger partial charge in [0, 0.05) is 5.92 Å². The van der Waals surface area contributed by atoms with Crippen molar-refractivity contribution in [1.29, 1.82) is 0 Å². The molecule has 1 aliphatic carbocycles. The van der Waals surface area contributed by atoms with Crippen molar-refractivity contribution in [3.8, 4) is 0 Å². The van der Waals surface area contributed by atoms with Crippen LogP contribution in [0.5, 0.6) is 0 Å². The summed E-state index contributed by atoms with van der Waals surface area (Å²) in [5.41, 5.74) is 2.91. The fourth-order valence-corrected chi connectivity index (χ4v) is 2.95. The van der Waals surface area contributed by atoms with Crippen LogP contribution in [0.3, 0.4) is 0 Å². The van der Waals surface area contributed by atoms with Gasteiger partial charge in [-0.1, -0.05) is 24.3 Å². The van der Waals surface area contributed by atoms with Crippen molar-refractivity contribution < 1.29 is 4.42 Å². The van der Waals surface area contributed by atoms with Crippen LogP contribution in [-0.4, -0.2) is 7.05 Å². The first-order chi connectivity index (χ1) is 8.29. The monoisotopic (exact) mass is 291 g/mol. The van der Waals surface area contributed by atoms with Crippen LogP contribution in [0.1, 0.15) is 28.8 Å². The first kappa shape index (κ1) is 11.1. The smallest absolute Gasteiger partial charge is 0.169 e. The van der Waals surface area contributed by atoms with Crippen molar-refractivity contribution in [2.45, 2.75) is 18.4 Å². The maximum absolute atomic E-state index is 5.66. The molecule has 0 saturated carbocycles. The Morgan fingerprint density at radius 1 is 1.29 bits per heavy atom. The largest absolute Gasteiger partial charge is 0.453 e. The SMILES string of the molecule is CNC(c1ccc(Br)o1)C1Cc2ccccc21. The van der Waals surface area contributed by atoms with Crippen molar-refractivity contribution in [1.82, 2.24) is 5.32 Å². The van der Waals surface area contributed by atoms with Gasteiger partial charge in [-0.25, -0.2) is 0 Å². The Bertz CT molecular complexity index is 535. The molecular formula is C14H14BrNO. The van der Waals surface area contributed by atoms with Crippen molar-refractivity contribution >= 4 is 15.9 Å². The van der Waals surface area contributed by atoms with E-state index in [0.717, 1.165) is 16.9 Å². The number of fused-ring (bicyclic) bond motifs is 1. The number of hydrogen-bond donors (Lipinski definition) is 1. The molecule has 2 atom stereocenters. The van der Waals surface area contributed by atoms with Gasteiger partial charge in [-0.2, -0.15) is 0 Å². The predicted molar refractivity (Wildman–Crippen MR) is 71.1 cm³/mol. The molecule has 0 fully saturated rings. The second-order valence-electron chi connectivity index (χ2n) is 4.42. The molecule has 0 saturated heterocycles. The maximum atomic E-state index is 5.66. The molecule has 88 valence electrons. The molecule has 2 nitrogen and oxygen atoms in total. The minimum absolute atomic E-state index is 0.260. The molecule has 1 heterocycles. The second-order valence-corrected chi connectivity index (χ2v) is 5.20. The van der Waals surface area contributed by atoms with Crippen LogP contribution in [0.4, 0.5) is 0 Å². The summed E-state index contributed by atoms with van der Waals surface area (Å²) in [6, 6.07) is 12.9. The van der Waals surface area contributed by atoms with Crippen LogP contribution in [-0.2, 0) is 6.42 Å². The molecule has 0 amide bonds. The zero-order valence-electron chi connectivity index (χ0n) is 9.61. The predicted octanol–water partition coefficient (Wildman–Crippen LogP) is 3.64. The minimum Gasteiger partial charge on any atom is -0.453 e. The van der Waals surface area contributed by atoms with Gasteiger partial charge in [0.25, 0.3) is 0 Å². The quantitative estimate of drug-likeness (QED) is 0.934. The third kappa shape index (κ3) is 1.83. The highest BCUT2D eigenvalue weighted by molar-refractivity contribution is 9.10. The van der Waals surface area contributed by atoms with Crippen LogP contribution in [0.15, 0.2) is 45.5 Å². The van der Waals surface area contributed by atoms with E-state index in [1.165, 1.54) is 11.1 Å². The van der Waals surface area contributed by atoms with Crippen molar-refractivity contribution in [2.24, 2.45) is 0 Å². The molecule has 2 aromatic rings. The van der Waals surface area contributed by atoms with Crippen molar-refractivity contribution in [3.63, 3.8) is 0 Å². The van der Waals surface area contributed by atoms with E-state index in [2.05, 4.69) is 45.5 Å². The van der Waals surface area contributed by atoms with Gasteiger partial charge < -0.3 is 9.73 Å². The van der Waals surface area contributed by atoms with E-state index in [1.807, 2.05) is 19.2 Å². The molecule has 2 unspecified atom stereocenters. The van der Waals surface area contributed by atoms with E-state index in [4.69, 9.17) is 4.42 Å². The average Bonchev–Trinajstić information content (AvgIpc) is 2.72. The van der Waals surface area contributed by atoms with Gasteiger partial charge in [0.2, 0.25) is 0 Å². The number of likely N-dealkylation sites (N-methyl/N-ethyl adjacent to an activating group) is 1. The molecule has 3 heteroatoms. The van der Waals surface area contributed by atoms with Crippen LogP contribution < -0.4 is 5.32 Å². The van der Waals surface area contributed by atoms with Gasteiger partial charge in [0.1, 0.15) is 5.76 Å². The molecule has 0 spiro atoms. The number of halogens is 1. The number of rotatable bonds is 3. The lowest BCUT2D eigenvalue weighted by molar-refractivity contribution is 0.355. The van der Waals surface area contributed by atoms with E-state index in [0.29, 0.717) is 5.92 Å². The summed E-state index contributed by atoms with van der Waals surface area (Å²) >= 11 is 3.36. The standard InChI is InChI=1S/C14H14BrNO/c1-16-14(12-6-7-13(15)17-12)11-8-9-4-2-3-5-10(9)11/h2-7,11,14,16H,8H2,1H3. The Morgan fingerprint density at radius 2 is 2.12 bits per heavy atom. The fourth-order valence-electron chi connectivity index (χ4n) is 2.63. The molecule has 1 aliphatic rings. The van der Waals surface area contributed by atoms with Gasteiger partial charge in [0.15, 0.2) is 4.67 Å². The highest BCUT2D eigenvalue weighted by Crippen LogP contribution is 2.43. The molecule has 0 radical (unpaired) electrons.